The van der Waals surface area contributed by atoms with E-state index in [1.807, 2.05) is 0 Å². The molecule has 4 saturated heterocycles. The van der Waals surface area contributed by atoms with Crippen molar-refractivity contribution in [2.45, 2.75) is 43.7 Å². The Bertz CT molecular complexity index is 316. The summed E-state index contributed by atoms with van der Waals surface area (Å²) in [5.74, 6) is 1.92. The second-order valence-electron chi connectivity index (χ2n) is 5.58. The Kier molecular flexibility index (Phi) is 1.92. The molecule has 7 unspecified atom stereocenters. The van der Waals surface area contributed by atoms with Crippen LogP contribution in [0.1, 0.15) is 19.3 Å². The fraction of sp³-hybridized carbons (Fsp3) is 0.846. The number of rotatable bonds is 3. The third kappa shape index (κ3) is 1.06. The predicted octanol–water partition coefficient (Wildman–Crippen LogP) is 1.73. The van der Waals surface area contributed by atoms with Crippen LogP contribution in [0.15, 0.2) is 12.8 Å². The van der Waals surface area contributed by atoms with Crippen molar-refractivity contribution in [2.24, 2.45) is 17.8 Å². The van der Waals surface area contributed by atoms with Crippen LogP contribution in [-0.4, -0.2) is 31.0 Å². The molecule has 0 aromatic rings. The summed E-state index contributed by atoms with van der Waals surface area (Å²) in [7, 11) is 0. The summed E-state index contributed by atoms with van der Waals surface area (Å²) < 4.78 is 17.5. The minimum absolute atomic E-state index is 0.394. The number of hydrogen-bond acceptors (Lipinski definition) is 3. The van der Waals surface area contributed by atoms with Crippen LogP contribution in [0.3, 0.4) is 0 Å². The summed E-state index contributed by atoms with van der Waals surface area (Å²) in [6, 6.07) is 0. The first-order valence-corrected chi connectivity index (χ1v) is 6.42. The van der Waals surface area contributed by atoms with Crippen LogP contribution in [0.25, 0.3) is 0 Å². The van der Waals surface area contributed by atoms with E-state index in [0.29, 0.717) is 42.2 Å². The van der Waals surface area contributed by atoms with Gasteiger partial charge in [-0.1, -0.05) is 6.58 Å². The second kappa shape index (κ2) is 3.23. The van der Waals surface area contributed by atoms with Crippen LogP contribution < -0.4 is 0 Å². The zero-order chi connectivity index (χ0) is 10.7. The molecule has 0 aromatic heterocycles. The number of ether oxygens (including phenoxy) is 3. The van der Waals surface area contributed by atoms with E-state index in [-0.39, 0.29) is 0 Å². The summed E-state index contributed by atoms with van der Waals surface area (Å²) in [4.78, 5) is 0. The topological polar surface area (TPSA) is 27.7 Å². The Morgan fingerprint density at radius 3 is 2.75 bits per heavy atom. The highest BCUT2D eigenvalue weighted by Gasteiger charge is 2.64. The number of fused-ring (bicyclic) bond motifs is 9. The highest BCUT2D eigenvalue weighted by atomic mass is 16.5. The van der Waals surface area contributed by atoms with Gasteiger partial charge in [-0.2, -0.15) is 0 Å². The van der Waals surface area contributed by atoms with Gasteiger partial charge >= 0.3 is 0 Å². The van der Waals surface area contributed by atoms with E-state index >= 15 is 0 Å². The average molecular weight is 222 g/mol. The van der Waals surface area contributed by atoms with E-state index in [9.17, 15) is 0 Å². The van der Waals surface area contributed by atoms with Crippen molar-refractivity contribution in [1.82, 2.24) is 0 Å². The van der Waals surface area contributed by atoms with Crippen LogP contribution in [0.4, 0.5) is 0 Å². The lowest BCUT2D eigenvalue weighted by atomic mass is 9.68. The Labute approximate surface area is 95.7 Å². The molecule has 4 rings (SSSR count). The van der Waals surface area contributed by atoms with Crippen molar-refractivity contribution in [3.8, 4) is 0 Å². The molecule has 3 heteroatoms. The zero-order valence-corrected chi connectivity index (χ0v) is 9.38. The smallest absolute Gasteiger partial charge is 0.0927 e. The molecular formula is C13H18O3. The van der Waals surface area contributed by atoms with Gasteiger partial charge in [0, 0.05) is 17.8 Å². The Hall–Kier alpha value is -0.540. The predicted molar refractivity (Wildman–Crippen MR) is 57.8 cm³/mol. The highest BCUT2D eigenvalue weighted by molar-refractivity contribution is 5.11. The summed E-state index contributed by atoms with van der Waals surface area (Å²) >= 11 is 0. The Balaban J connectivity index is 1.54. The Morgan fingerprint density at radius 1 is 1.12 bits per heavy atom. The van der Waals surface area contributed by atoms with Crippen molar-refractivity contribution in [2.75, 3.05) is 6.61 Å². The molecule has 16 heavy (non-hydrogen) atoms. The third-order valence-corrected chi connectivity index (χ3v) is 4.96. The molecule has 4 aliphatic heterocycles. The van der Waals surface area contributed by atoms with Gasteiger partial charge in [0.05, 0.1) is 37.3 Å². The van der Waals surface area contributed by atoms with Gasteiger partial charge in [0.2, 0.25) is 0 Å². The lowest BCUT2D eigenvalue weighted by molar-refractivity contribution is -0.00312. The monoisotopic (exact) mass is 222 g/mol. The summed E-state index contributed by atoms with van der Waals surface area (Å²) in [5.41, 5.74) is 0. The molecule has 0 aromatic carbocycles. The standard InChI is InChI=1S/C13H18O3/c1-2-14-6-7-5-10-11-8-3-4-9(15-8)12(11)13(7)16-10/h2,7-13H,1,3-6H2. The van der Waals surface area contributed by atoms with Crippen molar-refractivity contribution in [3.63, 3.8) is 0 Å². The summed E-state index contributed by atoms with van der Waals surface area (Å²) in [6.45, 7) is 4.37. The molecule has 88 valence electrons. The van der Waals surface area contributed by atoms with Gasteiger partial charge in [0.1, 0.15) is 0 Å². The van der Waals surface area contributed by atoms with Gasteiger partial charge in [-0.15, -0.1) is 0 Å². The minimum atomic E-state index is 0.394. The third-order valence-electron chi connectivity index (χ3n) is 4.96. The van der Waals surface area contributed by atoms with Gasteiger partial charge in [-0.25, -0.2) is 0 Å². The van der Waals surface area contributed by atoms with E-state index in [0.717, 1.165) is 13.0 Å². The normalized spacial score (nSPS) is 56.6. The second-order valence-corrected chi connectivity index (χ2v) is 5.58. The van der Waals surface area contributed by atoms with Crippen molar-refractivity contribution >= 4 is 0 Å². The molecule has 4 aliphatic rings. The summed E-state index contributed by atoms with van der Waals surface area (Å²) in [6.07, 6.45) is 7.03. The van der Waals surface area contributed by atoms with Crippen LogP contribution >= 0.6 is 0 Å². The molecule has 0 amide bonds. The maximum Gasteiger partial charge on any atom is 0.0927 e. The highest BCUT2D eigenvalue weighted by Crippen LogP contribution is 2.58. The van der Waals surface area contributed by atoms with E-state index in [1.54, 1.807) is 6.26 Å². The summed E-state index contributed by atoms with van der Waals surface area (Å²) in [5, 5.41) is 0. The molecule has 0 N–H and O–H groups in total. The van der Waals surface area contributed by atoms with Crippen LogP contribution in [0.2, 0.25) is 0 Å². The van der Waals surface area contributed by atoms with Crippen LogP contribution in [0.5, 0.6) is 0 Å². The molecular weight excluding hydrogens is 204 g/mol. The van der Waals surface area contributed by atoms with Gasteiger partial charge < -0.3 is 14.2 Å². The average Bonchev–Trinajstić information content (AvgIpc) is 3.02. The molecule has 0 saturated carbocycles. The van der Waals surface area contributed by atoms with E-state index < -0.39 is 0 Å². The van der Waals surface area contributed by atoms with Crippen molar-refractivity contribution in [1.29, 1.82) is 0 Å². The first-order chi connectivity index (χ1) is 7.88. The molecule has 4 fully saturated rings. The van der Waals surface area contributed by atoms with Crippen molar-refractivity contribution in [3.05, 3.63) is 12.8 Å². The maximum absolute atomic E-state index is 6.14. The van der Waals surface area contributed by atoms with Gasteiger partial charge in [0.25, 0.3) is 0 Å². The molecule has 4 heterocycles. The number of hydrogen-bond donors (Lipinski definition) is 0. The van der Waals surface area contributed by atoms with E-state index in [1.165, 1.54) is 12.8 Å². The molecule has 4 bridgehead atoms. The fourth-order valence-corrected chi connectivity index (χ4v) is 4.48. The lowest BCUT2D eigenvalue weighted by Gasteiger charge is -2.32. The quantitative estimate of drug-likeness (QED) is 0.681. The largest absolute Gasteiger partial charge is 0.501 e. The molecule has 0 aliphatic carbocycles. The fourth-order valence-electron chi connectivity index (χ4n) is 4.48. The minimum Gasteiger partial charge on any atom is -0.501 e. The van der Waals surface area contributed by atoms with Crippen molar-refractivity contribution < 1.29 is 14.2 Å². The molecule has 0 radical (unpaired) electrons. The maximum atomic E-state index is 6.14. The molecule has 7 atom stereocenters. The Morgan fingerprint density at radius 2 is 1.94 bits per heavy atom. The van der Waals surface area contributed by atoms with E-state index in [2.05, 4.69) is 6.58 Å². The lowest BCUT2D eigenvalue weighted by Crippen LogP contribution is -2.41. The zero-order valence-electron chi connectivity index (χ0n) is 9.38. The van der Waals surface area contributed by atoms with Gasteiger partial charge in [0.15, 0.2) is 0 Å². The SMILES string of the molecule is C=COCC1CC2OC1C1C3CCC(O3)C21. The molecule has 0 spiro atoms. The first-order valence-electron chi connectivity index (χ1n) is 6.42. The van der Waals surface area contributed by atoms with Crippen LogP contribution in [-0.2, 0) is 14.2 Å². The van der Waals surface area contributed by atoms with Crippen LogP contribution in [0, 0.1) is 17.8 Å². The van der Waals surface area contributed by atoms with Gasteiger partial charge in [-0.3, -0.25) is 0 Å². The van der Waals surface area contributed by atoms with E-state index in [4.69, 9.17) is 14.2 Å². The van der Waals surface area contributed by atoms with Gasteiger partial charge in [-0.05, 0) is 19.3 Å². The molecule has 3 nitrogen and oxygen atoms in total. The first kappa shape index (κ1) is 9.49.